The minimum Gasteiger partial charge on any atom is -0.456 e. The minimum absolute atomic E-state index is 0.0238. The molecule has 10 heteroatoms. The quantitative estimate of drug-likeness (QED) is 0.0205. The summed E-state index contributed by atoms with van der Waals surface area (Å²) in [7, 11) is 1.45. The monoisotopic (exact) mass is 1120 g/mol. The predicted octanol–water partition coefficient (Wildman–Crippen LogP) is 19.9. The summed E-state index contributed by atoms with van der Waals surface area (Å²) in [6.45, 7) is 6.82. The molecule has 452 valence electrons. The van der Waals surface area contributed by atoms with Crippen LogP contribution in [0.25, 0.3) is 0 Å². The number of quaternary nitrogens is 1. The number of phosphoric ester groups is 1. The number of allylic oxidation sites excluding steroid dienone is 19. The summed E-state index contributed by atoms with van der Waals surface area (Å²) in [4.78, 5) is 37.8. The number of hydrogen-bond donors (Lipinski definition) is 2. The Kier molecular flexibility index (Phi) is 55.0. The highest BCUT2D eigenvalue weighted by molar-refractivity contribution is 7.47. The Balaban J connectivity index is 5.39. The van der Waals surface area contributed by atoms with Crippen LogP contribution in [0.1, 0.15) is 252 Å². The Morgan fingerprint density at radius 1 is 0.456 bits per heavy atom. The molecular formula is C69H120N2O7P+. The molecule has 0 aromatic heterocycles. The third kappa shape index (κ3) is 58.9. The zero-order valence-electron chi connectivity index (χ0n) is 51.6. The van der Waals surface area contributed by atoms with E-state index in [-0.39, 0.29) is 31.5 Å². The van der Waals surface area contributed by atoms with Crippen molar-refractivity contribution in [3.63, 3.8) is 0 Å². The Bertz CT molecular complexity index is 1770. The Hall–Kier alpha value is -3.59. The molecule has 0 fully saturated rings. The van der Waals surface area contributed by atoms with E-state index < -0.39 is 20.0 Å². The van der Waals surface area contributed by atoms with Crippen molar-refractivity contribution in [2.24, 2.45) is 0 Å². The average Bonchev–Trinajstić information content (AvgIpc) is 3.41. The van der Waals surface area contributed by atoms with Gasteiger partial charge in [0.05, 0.1) is 33.8 Å². The second-order valence-corrected chi connectivity index (χ2v) is 23.6. The van der Waals surface area contributed by atoms with Gasteiger partial charge in [0.15, 0.2) is 0 Å². The second-order valence-electron chi connectivity index (χ2n) is 22.2. The maximum absolute atomic E-state index is 13.6. The van der Waals surface area contributed by atoms with Crippen LogP contribution in [-0.2, 0) is 27.9 Å². The van der Waals surface area contributed by atoms with Crippen LogP contribution in [0.5, 0.6) is 0 Å². The molecule has 0 saturated heterocycles. The molecule has 9 nitrogen and oxygen atoms in total. The summed E-state index contributed by atoms with van der Waals surface area (Å²) in [5, 5.41) is 3.04. The normalized spacial score (nSPS) is 14.5. The minimum atomic E-state index is -4.47. The molecule has 0 aliphatic carbocycles. The molecule has 0 saturated carbocycles. The van der Waals surface area contributed by atoms with Crippen molar-refractivity contribution < 1.29 is 37.3 Å². The van der Waals surface area contributed by atoms with Crippen molar-refractivity contribution in [1.82, 2.24) is 5.32 Å². The number of carbonyl (C=O) groups is 2. The summed E-state index contributed by atoms with van der Waals surface area (Å²) >= 11 is 0. The van der Waals surface area contributed by atoms with Gasteiger partial charge in [-0.1, -0.05) is 239 Å². The number of amides is 1. The van der Waals surface area contributed by atoms with Crippen molar-refractivity contribution in [3.8, 4) is 0 Å². The van der Waals surface area contributed by atoms with Crippen LogP contribution in [0.4, 0.5) is 0 Å². The third-order valence-electron chi connectivity index (χ3n) is 13.4. The summed E-state index contributed by atoms with van der Waals surface area (Å²) in [6.07, 6.45) is 80.5. The first-order valence-corrected chi connectivity index (χ1v) is 33.4. The number of likely N-dealkylation sites (N-methyl/N-ethyl adjacent to an activating group) is 1. The fraction of sp³-hybridized carbons (Fsp3) is 0.681. The van der Waals surface area contributed by atoms with Gasteiger partial charge in [-0.05, 0) is 122 Å². The lowest BCUT2D eigenvalue weighted by Crippen LogP contribution is -2.47. The van der Waals surface area contributed by atoms with Crippen LogP contribution >= 0.6 is 7.82 Å². The highest BCUT2D eigenvalue weighted by Gasteiger charge is 2.30. The zero-order chi connectivity index (χ0) is 57.9. The fourth-order valence-electron chi connectivity index (χ4n) is 8.48. The van der Waals surface area contributed by atoms with Gasteiger partial charge in [-0.2, -0.15) is 0 Å². The number of unbranched alkanes of at least 4 members (excludes halogenated alkanes) is 22. The van der Waals surface area contributed by atoms with Gasteiger partial charge >= 0.3 is 13.8 Å². The molecule has 0 radical (unpaired) electrons. The van der Waals surface area contributed by atoms with Crippen molar-refractivity contribution in [2.75, 3.05) is 40.9 Å². The van der Waals surface area contributed by atoms with E-state index in [2.05, 4.69) is 135 Å². The highest BCUT2D eigenvalue weighted by Crippen LogP contribution is 2.43. The SMILES string of the molecule is CC/C=C\C/C=C\C/C=C\C/C=C\C/C=C\C/C=C\CCCCC(=O)OC(/C=C/CCCCCCCCCCCCC)C(COP(=O)(O)OCC[N+](C)(C)C)NC(=O)CCCCCCCC/C=C\C/C=C\C/C=C\CCCCC. The number of hydrogen-bond acceptors (Lipinski definition) is 6. The first kappa shape index (κ1) is 75.4. The number of nitrogens with zero attached hydrogens (tertiary/aromatic N) is 1. The van der Waals surface area contributed by atoms with Gasteiger partial charge in [-0.15, -0.1) is 0 Å². The van der Waals surface area contributed by atoms with Crippen molar-refractivity contribution in [2.45, 2.75) is 264 Å². The van der Waals surface area contributed by atoms with E-state index in [9.17, 15) is 19.0 Å². The lowest BCUT2D eigenvalue weighted by atomic mass is 10.0. The van der Waals surface area contributed by atoms with Gasteiger partial charge < -0.3 is 19.4 Å². The van der Waals surface area contributed by atoms with Crippen molar-refractivity contribution in [3.05, 3.63) is 122 Å². The molecule has 0 rings (SSSR count). The molecule has 0 aromatic carbocycles. The van der Waals surface area contributed by atoms with Crippen LogP contribution in [0.3, 0.4) is 0 Å². The van der Waals surface area contributed by atoms with E-state index >= 15 is 0 Å². The van der Waals surface area contributed by atoms with Gasteiger partial charge in [-0.3, -0.25) is 18.6 Å². The van der Waals surface area contributed by atoms with Crippen LogP contribution in [0.2, 0.25) is 0 Å². The number of ether oxygens (including phenoxy) is 1. The van der Waals surface area contributed by atoms with Crippen LogP contribution in [0.15, 0.2) is 122 Å². The molecule has 0 aromatic rings. The van der Waals surface area contributed by atoms with Crippen molar-refractivity contribution >= 4 is 19.7 Å². The molecule has 0 aliphatic heterocycles. The zero-order valence-corrected chi connectivity index (χ0v) is 52.5. The van der Waals surface area contributed by atoms with E-state index in [1.807, 2.05) is 33.3 Å². The molecule has 2 N–H and O–H groups in total. The van der Waals surface area contributed by atoms with Gasteiger partial charge in [0.25, 0.3) is 0 Å². The maximum Gasteiger partial charge on any atom is 0.472 e. The topological polar surface area (TPSA) is 111 Å². The van der Waals surface area contributed by atoms with E-state index in [4.69, 9.17) is 13.8 Å². The first-order valence-electron chi connectivity index (χ1n) is 31.9. The number of nitrogens with one attached hydrogen (secondary N) is 1. The van der Waals surface area contributed by atoms with Crippen LogP contribution in [0, 0.1) is 0 Å². The van der Waals surface area contributed by atoms with Crippen LogP contribution < -0.4 is 5.32 Å². The standard InChI is InChI=1S/C69H119N2O7P/c1-7-10-13-16-19-22-25-28-30-32-34-35-37-39-41-44-47-50-53-56-59-62-69(73)78-67(60-57-54-51-48-45-42-27-24-21-18-15-12-9-3)66(65-77-79(74,75)76-64-63-71(4,5)6)70-68(72)61-58-55-52-49-46-43-40-38-36-33-31-29-26-23-20-17-14-11-8-2/h10,13,19-20,22-23,28-31,34-36,38-39,41,47,50,57,60,66-67H,7-9,11-12,14-18,21,24-27,32-33,37,40,42-46,48-49,51-56,58-59,61-65H2,1-6H3,(H-,70,72,74,75)/p+1/b13-10-,22-19-,23-20-,30-28-,31-29-,35-34-,38-36-,41-39-,50-47-,60-57+. The summed E-state index contributed by atoms with van der Waals surface area (Å²) < 4.78 is 30.7. The third-order valence-corrected chi connectivity index (χ3v) is 14.4. The number of carbonyl (C=O) groups excluding carboxylic acids is 2. The van der Waals surface area contributed by atoms with E-state index in [1.54, 1.807) is 0 Å². The molecule has 0 bridgehead atoms. The first-order chi connectivity index (χ1) is 38.4. The Morgan fingerprint density at radius 3 is 1.25 bits per heavy atom. The smallest absolute Gasteiger partial charge is 0.456 e. The summed E-state index contributed by atoms with van der Waals surface area (Å²) in [6, 6.07) is -0.882. The van der Waals surface area contributed by atoms with Crippen LogP contribution in [-0.4, -0.2) is 74.3 Å². The van der Waals surface area contributed by atoms with Crippen molar-refractivity contribution in [1.29, 1.82) is 0 Å². The largest absolute Gasteiger partial charge is 0.472 e. The predicted molar refractivity (Wildman–Crippen MR) is 341 cm³/mol. The summed E-state index contributed by atoms with van der Waals surface area (Å²) in [5.41, 5.74) is 0. The maximum atomic E-state index is 13.6. The van der Waals surface area contributed by atoms with E-state index in [0.717, 1.165) is 128 Å². The molecule has 3 unspecified atom stereocenters. The lowest BCUT2D eigenvalue weighted by molar-refractivity contribution is -0.870. The molecule has 0 heterocycles. The lowest BCUT2D eigenvalue weighted by Gasteiger charge is -2.27. The van der Waals surface area contributed by atoms with Gasteiger partial charge in [0.2, 0.25) is 5.91 Å². The molecular weight excluding hydrogens is 1000 g/mol. The van der Waals surface area contributed by atoms with Gasteiger partial charge in [0, 0.05) is 12.8 Å². The van der Waals surface area contributed by atoms with E-state index in [1.165, 1.54) is 83.5 Å². The highest BCUT2D eigenvalue weighted by atomic mass is 31.2. The Labute approximate surface area is 486 Å². The average molecular weight is 1120 g/mol. The number of phosphoric acid groups is 1. The van der Waals surface area contributed by atoms with E-state index in [0.29, 0.717) is 23.9 Å². The van der Waals surface area contributed by atoms with Gasteiger partial charge in [0.1, 0.15) is 19.3 Å². The number of rotatable bonds is 56. The Morgan fingerprint density at radius 2 is 0.810 bits per heavy atom. The molecule has 1 amide bonds. The molecule has 0 aliphatic rings. The van der Waals surface area contributed by atoms with Gasteiger partial charge in [-0.25, -0.2) is 4.57 Å². The second kappa shape index (κ2) is 57.6. The fourth-order valence-corrected chi connectivity index (χ4v) is 9.21. The summed E-state index contributed by atoms with van der Waals surface area (Å²) in [5.74, 6) is -0.577. The molecule has 3 atom stereocenters. The molecule has 79 heavy (non-hydrogen) atoms. The number of esters is 1. The molecule has 0 spiro atoms.